The van der Waals surface area contributed by atoms with Crippen molar-refractivity contribution in [3.05, 3.63) is 87.4 Å². The molecule has 1 heterocycles. The minimum atomic E-state index is -0.400. The number of nitriles is 1. The molecule has 0 bridgehead atoms. The van der Waals surface area contributed by atoms with E-state index in [2.05, 4.69) is 38.4 Å². The van der Waals surface area contributed by atoms with E-state index >= 15 is 0 Å². The van der Waals surface area contributed by atoms with Crippen LogP contribution in [0.1, 0.15) is 22.3 Å². The fourth-order valence-electron chi connectivity index (χ4n) is 2.75. The SMILES string of the molecule is N#Cc1ccc(NCCc2c[nH]cc2Cc2cccc(Br)c2)c(F)c1. The number of H-pyrrole nitrogens is 1. The summed E-state index contributed by atoms with van der Waals surface area (Å²) in [5.41, 5.74) is 4.43. The molecular weight excluding hydrogens is 381 g/mol. The van der Waals surface area contributed by atoms with Crippen molar-refractivity contribution in [2.24, 2.45) is 0 Å². The number of halogens is 2. The predicted octanol–water partition coefficient (Wildman–Crippen LogP) is 5.03. The number of nitrogens with zero attached hydrogens (tertiary/aromatic N) is 1. The van der Waals surface area contributed by atoms with Crippen LogP contribution >= 0.6 is 15.9 Å². The van der Waals surface area contributed by atoms with Gasteiger partial charge in [-0.3, -0.25) is 0 Å². The fourth-order valence-corrected chi connectivity index (χ4v) is 3.20. The van der Waals surface area contributed by atoms with Crippen LogP contribution in [0.5, 0.6) is 0 Å². The maximum Gasteiger partial charge on any atom is 0.147 e. The van der Waals surface area contributed by atoms with E-state index in [0.29, 0.717) is 17.8 Å². The van der Waals surface area contributed by atoms with Gasteiger partial charge in [-0.25, -0.2) is 4.39 Å². The van der Waals surface area contributed by atoms with Crippen molar-refractivity contribution in [3.63, 3.8) is 0 Å². The summed E-state index contributed by atoms with van der Waals surface area (Å²) in [6.45, 7) is 0.617. The van der Waals surface area contributed by atoms with Crippen LogP contribution in [0.3, 0.4) is 0 Å². The normalized spacial score (nSPS) is 10.4. The van der Waals surface area contributed by atoms with E-state index in [9.17, 15) is 4.39 Å². The van der Waals surface area contributed by atoms with Crippen molar-refractivity contribution in [1.29, 1.82) is 5.26 Å². The third kappa shape index (κ3) is 4.49. The van der Waals surface area contributed by atoms with Crippen molar-refractivity contribution in [2.45, 2.75) is 12.8 Å². The van der Waals surface area contributed by atoms with E-state index in [1.54, 1.807) is 12.1 Å². The molecule has 3 nitrogen and oxygen atoms in total. The number of benzene rings is 2. The van der Waals surface area contributed by atoms with Crippen molar-refractivity contribution in [3.8, 4) is 6.07 Å². The molecule has 126 valence electrons. The van der Waals surface area contributed by atoms with Gasteiger partial charge in [-0.15, -0.1) is 0 Å². The maximum atomic E-state index is 13.9. The van der Waals surface area contributed by atoms with Crippen LogP contribution in [-0.4, -0.2) is 11.5 Å². The van der Waals surface area contributed by atoms with Gasteiger partial charge in [0.2, 0.25) is 0 Å². The number of aromatic nitrogens is 1. The molecule has 0 aliphatic carbocycles. The zero-order valence-electron chi connectivity index (χ0n) is 13.5. The van der Waals surface area contributed by atoms with Gasteiger partial charge in [0.25, 0.3) is 0 Å². The molecule has 0 saturated heterocycles. The van der Waals surface area contributed by atoms with Gasteiger partial charge in [0.15, 0.2) is 0 Å². The Labute approximate surface area is 154 Å². The van der Waals surface area contributed by atoms with Crippen molar-refractivity contribution in [2.75, 3.05) is 11.9 Å². The van der Waals surface area contributed by atoms with E-state index in [1.807, 2.05) is 30.6 Å². The third-order valence-electron chi connectivity index (χ3n) is 4.02. The first-order valence-corrected chi connectivity index (χ1v) is 8.77. The second-order valence-corrected chi connectivity index (χ2v) is 6.71. The monoisotopic (exact) mass is 397 g/mol. The first kappa shape index (κ1) is 17.2. The molecule has 3 aromatic rings. The molecule has 0 atom stereocenters. The van der Waals surface area contributed by atoms with Crippen LogP contribution in [0, 0.1) is 17.1 Å². The van der Waals surface area contributed by atoms with Gasteiger partial charge in [0.05, 0.1) is 17.3 Å². The number of anilines is 1. The predicted molar refractivity (Wildman–Crippen MR) is 101 cm³/mol. The van der Waals surface area contributed by atoms with Crippen molar-refractivity contribution >= 4 is 21.6 Å². The molecule has 0 aliphatic rings. The summed E-state index contributed by atoms with van der Waals surface area (Å²) in [6.07, 6.45) is 5.64. The van der Waals surface area contributed by atoms with Gasteiger partial charge in [-0.05, 0) is 59.9 Å². The Hall–Kier alpha value is -2.58. The minimum Gasteiger partial charge on any atom is -0.382 e. The summed E-state index contributed by atoms with van der Waals surface area (Å²) in [7, 11) is 0. The summed E-state index contributed by atoms with van der Waals surface area (Å²) in [4.78, 5) is 3.16. The Morgan fingerprint density at radius 3 is 2.72 bits per heavy atom. The lowest BCUT2D eigenvalue weighted by Gasteiger charge is -2.09. The molecule has 0 fully saturated rings. The molecule has 0 amide bonds. The largest absolute Gasteiger partial charge is 0.382 e. The van der Waals surface area contributed by atoms with Gasteiger partial charge in [-0.1, -0.05) is 28.1 Å². The number of hydrogen-bond acceptors (Lipinski definition) is 2. The number of nitrogens with one attached hydrogen (secondary N) is 2. The van der Waals surface area contributed by atoms with Crippen molar-refractivity contribution < 1.29 is 4.39 Å². The summed E-state index contributed by atoms with van der Waals surface area (Å²) in [5.74, 6) is -0.400. The summed E-state index contributed by atoms with van der Waals surface area (Å²) < 4.78 is 15.0. The maximum absolute atomic E-state index is 13.9. The second-order valence-electron chi connectivity index (χ2n) is 5.80. The molecule has 2 aromatic carbocycles. The molecule has 25 heavy (non-hydrogen) atoms. The van der Waals surface area contributed by atoms with E-state index in [4.69, 9.17) is 5.26 Å². The van der Waals surface area contributed by atoms with E-state index in [0.717, 1.165) is 17.3 Å². The molecule has 3 rings (SSSR count). The quantitative estimate of drug-likeness (QED) is 0.612. The zero-order valence-corrected chi connectivity index (χ0v) is 15.1. The lowest BCUT2D eigenvalue weighted by atomic mass is 10.0. The highest BCUT2D eigenvalue weighted by Crippen LogP contribution is 2.19. The van der Waals surface area contributed by atoms with Crippen LogP contribution in [-0.2, 0) is 12.8 Å². The third-order valence-corrected chi connectivity index (χ3v) is 4.51. The average Bonchev–Trinajstić information content (AvgIpc) is 3.03. The number of hydrogen-bond donors (Lipinski definition) is 2. The first-order chi connectivity index (χ1) is 12.2. The minimum absolute atomic E-state index is 0.324. The summed E-state index contributed by atoms with van der Waals surface area (Å²) in [6, 6.07) is 14.7. The van der Waals surface area contributed by atoms with Gasteiger partial charge in [0, 0.05) is 23.4 Å². The Morgan fingerprint density at radius 2 is 1.96 bits per heavy atom. The van der Waals surface area contributed by atoms with Gasteiger partial charge in [-0.2, -0.15) is 5.26 Å². The van der Waals surface area contributed by atoms with Crippen LogP contribution in [0.25, 0.3) is 0 Å². The van der Waals surface area contributed by atoms with Gasteiger partial charge in [0.1, 0.15) is 5.82 Å². The first-order valence-electron chi connectivity index (χ1n) is 7.98. The van der Waals surface area contributed by atoms with Gasteiger partial charge < -0.3 is 10.3 Å². The Balaban J connectivity index is 1.61. The Morgan fingerprint density at radius 1 is 1.12 bits per heavy atom. The standard InChI is InChI=1S/C20H17BrFN3/c21-18-3-1-2-14(9-18)8-17-13-24-12-16(17)6-7-25-20-5-4-15(11-23)10-19(20)22/h1-5,9-10,12-13,24-25H,6-8H2. The molecule has 5 heteroatoms. The molecule has 0 radical (unpaired) electrons. The second kappa shape index (κ2) is 8.00. The topological polar surface area (TPSA) is 51.6 Å². The molecule has 2 N–H and O–H groups in total. The Bertz CT molecular complexity index is 911. The van der Waals surface area contributed by atoms with Crippen molar-refractivity contribution in [1.82, 2.24) is 4.98 Å². The Kier molecular flexibility index (Phi) is 5.52. The lowest BCUT2D eigenvalue weighted by molar-refractivity contribution is 0.629. The number of rotatable bonds is 6. The smallest absolute Gasteiger partial charge is 0.147 e. The van der Waals surface area contributed by atoms with Crippen LogP contribution in [0.15, 0.2) is 59.3 Å². The highest BCUT2D eigenvalue weighted by Gasteiger charge is 2.07. The highest BCUT2D eigenvalue weighted by molar-refractivity contribution is 9.10. The lowest BCUT2D eigenvalue weighted by Crippen LogP contribution is -2.07. The van der Waals surface area contributed by atoms with Gasteiger partial charge >= 0.3 is 0 Å². The van der Waals surface area contributed by atoms with Crippen LogP contribution in [0.4, 0.5) is 10.1 Å². The molecule has 1 aromatic heterocycles. The van der Waals surface area contributed by atoms with Crippen LogP contribution in [0.2, 0.25) is 0 Å². The zero-order chi connectivity index (χ0) is 17.6. The fraction of sp³-hybridized carbons (Fsp3) is 0.150. The highest BCUT2D eigenvalue weighted by atomic mass is 79.9. The van der Waals surface area contributed by atoms with Crippen LogP contribution < -0.4 is 5.32 Å². The molecule has 0 spiro atoms. The molecular formula is C20H17BrFN3. The molecule has 0 unspecified atom stereocenters. The summed E-state index contributed by atoms with van der Waals surface area (Å²) >= 11 is 3.50. The van der Waals surface area contributed by atoms with E-state index in [-0.39, 0.29) is 0 Å². The molecule has 0 aliphatic heterocycles. The average molecular weight is 398 g/mol. The van der Waals surface area contributed by atoms with E-state index in [1.165, 1.54) is 22.8 Å². The molecule has 0 saturated carbocycles. The summed E-state index contributed by atoms with van der Waals surface area (Å²) in [5, 5.41) is 11.9. The number of aromatic amines is 1. The van der Waals surface area contributed by atoms with E-state index < -0.39 is 5.82 Å².